The molecule has 1 atom stereocenters. The van der Waals surface area contributed by atoms with Crippen LogP contribution in [0.4, 0.5) is 0 Å². The smallest absolute Gasteiger partial charge is 0.143 e. The monoisotopic (exact) mass is 343 g/mol. The van der Waals surface area contributed by atoms with E-state index in [2.05, 4.69) is 32.9 Å². The molecule has 0 aliphatic heterocycles. The highest BCUT2D eigenvalue weighted by Crippen LogP contribution is 2.24. The second-order valence-electron chi connectivity index (χ2n) is 4.71. The molecule has 0 bridgehead atoms. The van der Waals surface area contributed by atoms with Crippen molar-refractivity contribution in [2.45, 2.75) is 20.4 Å². The van der Waals surface area contributed by atoms with E-state index in [1.165, 1.54) is 0 Å². The van der Waals surface area contributed by atoms with Crippen molar-refractivity contribution in [1.82, 2.24) is 4.90 Å². The molecule has 0 radical (unpaired) electrons. The number of ether oxygens (including phenoxy) is 1. The summed E-state index contributed by atoms with van der Waals surface area (Å²) in [5.74, 6) is 1.10. The zero-order valence-corrected chi connectivity index (χ0v) is 13.7. The summed E-state index contributed by atoms with van der Waals surface area (Å²) in [5, 5.41) is 11.8. The van der Waals surface area contributed by atoms with Gasteiger partial charge >= 0.3 is 0 Å². The lowest BCUT2D eigenvalue weighted by Crippen LogP contribution is -2.34. The minimum Gasteiger partial charge on any atom is -0.497 e. The summed E-state index contributed by atoms with van der Waals surface area (Å²) in [6.45, 7) is 6.42. The molecule has 0 saturated carbocycles. The zero-order valence-electron chi connectivity index (χ0n) is 12.1. The Morgan fingerprint density at radius 2 is 2.25 bits per heavy atom. The van der Waals surface area contributed by atoms with Crippen molar-refractivity contribution in [3.63, 3.8) is 0 Å². The van der Waals surface area contributed by atoms with Crippen molar-refractivity contribution >= 4 is 21.8 Å². The number of amidine groups is 1. The van der Waals surface area contributed by atoms with Crippen molar-refractivity contribution in [2.75, 3.05) is 20.2 Å². The first-order valence-corrected chi connectivity index (χ1v) is 7.33. The lowest BCUT2D eigenvalue weighted by Gasteiger charge is -2.24. The van der Waals surface area contributed by atoms with Crippen molar-refractivity contribution in [1.29, 1.82) is 0 Å². The second-order valence-corrected chi connectivity index (χ2v) is 5.57. The number of methoxy groups -OCH3 is 1. The lowest BCUT2D eigenvalue weighted by molar-refractivity contribution is 0.257. The highest BCUT2D eigenvalue weighted by atomic mass is 79.9. The first-order valence-electron chi connectivity index (χ1n) is 6.54. The van der Waals surface area contributed by atoms with Crippen LogP contribution in [0.5, 0.6) is 5.75 Å². The Bertz CT molecular complexity index is 466. The van der Waals surface area contributed by atoms with Gasteiger partial charge in [0.1, 0.15) is 11.6 Å². The molecule has 0 aliphatic rings. The first kappa shape index (κ1) is 16.8. The topological polar surface area (TPSA) is 71.1 Å². The maximum absolute atomic E-state index is 8.71. The molecule has 1 unspecified atom stereocenters. The number of nitrogens with zero attached hydrogens (tertiary/aromatic N) is 2. The maximum atomic E-state index is 8.71. The van der Waals surface area contributed by atoms with E-state index in [4.69, 9.17) is 15.7 Å². The van der Waals surface area contributed by atoms with Gasteiger partial charge in [0.25, 0.3) is 0 Å². The molecule has 1 aromatic rings. The molecule has 0 fully saturated rings. The highest BCUT2D eigenvalue weighted by Gasteiger charge is 2.14. The Labute approximate surface area is 128 Å². The number of rotatable bonds is 7. The first-order chi connectivity index (χ1) is 9.51. The normalized spacial score (nSPS) is 13.6. The minimum absolute atomic E-state index is 0.00401. The number of oxime groups is 1. The van der Waals surface area contributed by atoms with Crippen molar-refractivity contribution in [3.05, 3.63) is 28.2 Å². The van der Waals surface area contributed by atoms with Crippen LogP contribution in [0.1, 0.15) is 19.4 Å². The van der Waals surface area contributed by atoms with Gasteiger partial charge in [-0.2, -0.15) is 0 Å². The van der Waals surface area contributed by atoms with Gasteiger partial charge in [-0.1, -0.05) is 34.9 Å². The lowest BCUT2D eigenvalue weighted by atomic mass is 10.1. The third kappa shape index (κ3) is 4.68. The van der Waals surface area contributed by atoms with E-state index in [1.54, 1.807) is 7.11 Å². The van der Waals surface area contributed by atoms with Crippen LogP contribution < -0.4 is 10.5 Å². The summed E-state index contributed by atoms with van der Waals surface area (Å²) in [6.07, 6.45) is 0. The minimum atomic E-state index is 0.00401. The van der Waals surface area contributed by atoms with Crippen LogP contribution in [0.3, 0.4) is 0 Å². The molecule has 3 N–H and O–H groups in total. The molecule has 112 valence electrons. The quantitative estimate of drug-likeness (QED) is 0.345. The number of nitrogens with two attached hydrogens (primary N) is 1. The molecule has 0 amide bonds. The molecule has 6 heteroatoms. The Hall–Kier alpha value is -1.27. The van der Waals surface area contributed by atoms with Crippen LogP contribution in [-0.4, -0.2) is 36.1 Å². The fraction of sp³-hybridized carbons (Fsp3) is 0.500. The molecular formula is C14H22BrN3O2. The predicted molar refractivity (Wildman–Crippen MR) is 84.2 cm³/mol. The van der Waals surface area contributed by atoms with Crippen LogP contribution in [0.2, 0.25) is 0 Å². The molecular weight excluding hydrogens is 322 g/mol. The Balaban J connectivity index is 2.78. The summed E-state index contributed by atoms with van der Waals surface area (Å²) >= 11 is 3.56. The van der Waals surface area contributed by atoms with E-state index in [0.717, 1.165) is 35.4 Å². The van der Waals surface area contributed by atoms with E-state index < -0.39 is 0 Å². The predicted octanol–water partition coefficient (Wildman–Crippen LogP) is 2.66. The number of hydrogen-bond donors (Lipinski definition) is 2. The third-order valence-corrected chi connectivity index (χ3v) is 4.02. The number of benzene rings is 1. The van der Waals surface area contributed by atoms with Gasteiger partial charge in [0.05, 0.1) is 7.11 Å². The largest absolute Gasteiger partial charge is 0.497 e. The average Bonchev–Trinajstić information content (AvgIpc) is 2.47. The molecule has 0 spiro atoms. The van der Waals surface area contributed by atoms with Gasteiger partial charge in [0, 0.05) is 23.5 Å². The fourth-order valence-corrected chi connectivity index (χ4v) is 2.30. The van der Waals surface area contributed by atoms with Gasteiger partial charge in [-0.3, -0.25) is 4.90 Å². The van der Waals surface area contributed by atoms with E-state index >= 15 is 0 Å². The van der Waals surface area contributed by atoms with Gasteiger partial charge in [0.15, 0.2) is 0 Å². The molecule has 20 heavy (non-hydrogen) atoms. The van der Waals surface area contributed by atoms with Crippen molar-refractivity contribution in [3.8, 4) is 5.75 Å². The zero-order chi connectivity index (χ0) is 15.1. The van der Waals surface area contributed by atoms with Crippen LogP contribution in [-0.2, 0) is 6.54 Å². The fourth-order valence-electron chi connectivity index (χ4n) is 1.92. The van der Waals surface area contributed by atoms with Gasteiger partial charge in [-0.15, -0.1) is 0 Å². The summed E-state index contributed by atoms with van der Waals surface area (Å²) in [5.41, 5.74) is 6.78. The highest BCUT2D eigenvalue weighted by molar-refractivity contribution is 9.10. The van der Waals surface area contributed by atoms with E-state index in [0.29, 0.717) is 0 Å². The molecule has 0 aliphatic carbocycles. The summed E-state index contributed by atoms with van der Waals surface area (Å²) < 4.78 is 6.30. The van der Waals surface area contributed by atoms with Gasteiger partial charge < -0.3 is 15.7 Å². The number of hydrogen-bond acceptors (Lipinski definition) is 4. The second kappa shape index (κ2) is 8.11. The van der Waals surface area contributed by atoms with Crippen molar-refractivity contribution < 1.29 is 9.94 Å². The van der Waals surface area contributed by atoms with Gasteiger partial charge in [0.2, 0.25) is 0 Å². The van der Waals surface area contributed by atoms with Crippen LogP contribution in [0, 0.1) is 5.92 Å². The van der Waals surface area contributed by atoms with Crippen LogP contribution in [0.25, 0.3) is 0 Å². The summed E-state index contributed by atoms with van der Waals surface area (Å²) in [7, 11) is 1.66. The average molecular weight is 344 g/mol. The Morgan fingerprint density at radius 3 is 2.80 bits per heavy atom. The maximum Gasteiger partial charge on any atom is 0.143 e. The van der Waals surface area contributed by atoms with Crippen molar-refractivity contribution in [2.24, 2.45) is 16.8 Å². The molecule has 1 rings (SSSR count). The summed E-state index contributed by atoms with van der Waals surface area (Å²) in [6, 6.07) is 5.92. The number of halogens is 1. The molecule has 0 saturated heterocycles. The van der Waals surface area contributed by atoms with Crippen LogP contribution >= 0.6 is 15.9 Å². The molecule has 5 nitrogen and oxygen atoms in total. The Morgan fingerprint density at radius 1 is 1.55 bits per heavy atom. The van der Waals surface area contributed by atoms with E-state index in [9.17, 15) is 0 Å². The van der Waals surface area contributed by atoms with Crippen LogP contribution in [0.15, 0.2) is 27.8 Å². The van der Waals surface area contributed by atoms with E-state index in [1.807, 2.05) is 25.1 Å². The van der Waals surface area contributed by atoms with Gasteiger partial charge in [-0.05, 0) is 30.3 Å². The molecule has 0 aromatic heterocycles. The molecule has 1 aromatic carbocycles. The SMILES string of the molecule is CCN(Cc1cc(OC)ccc1Br)CC(C)C(N)=NO. The third-order valence-electron chi connectivity index (χ3n) is 3.25. The Kier molecular flexibility index (Phi) is 6.81. The standard InChI is InChI=1S/C14H22BrN3O2/c1-4-18(8-10(2)14(16)17-19)9-11-7-12(20-3)5-6-13(11)15/h5-7,10,19H,4,8-9H2,1-3H3,(H2,16,17). The molecule has 0 heterocycles. The summed E-state index contributed by atoms with van der Waals surface area (Å²) in [4.78, 5) is 2.24. The van der Waals surface area contributed by atoms with E-state index in [-0.39, 0.29) is 11.8 Å². The van der Waals surface area contributed by atoms with Gasteiger partial charge in [-0.25, -0.2) is 0 Å².